The second kappa shape index (κ2) is 7.94. The lowest BCUT2D eigenvalue weighted by Gasteiger charge is -2.30. The molecule has 6 nitrogen and oxygen atoms in total. The van der Waals surface area contributed by atoms with Gasteiger partial charge in [-0.15, -0.1) is 0 Å². The number of hydrogen-bond donors (Lipinski definition) is 2. The van der Waals surface area contributed by atoms with Crippen LogP contribution in [0.3, 0.4) is 0 Å². The largest absolute Gasteiger partial charge is 0.463 e. The maximum absolute atomic E-state index is 13.7. The molecule has 1 aliphatic heterocycles. The van der Waals surface area contributed by atoms with E-state index in [4.69, 9.17) is 4.74 Å². The van der Waals surface area contributed by atoms with Gasteiger partial charge in [-0.3, -0.25) is 4.79 Å². The summed E-state index contributed by atoms with van der Waals surface area (Å²) in [5.41, 5.74) is -1.60. The van der Waals surface area contributed by atoms with Crippen LogP contribution in [0.15, 0.2) is 45.5 Å². The fraction of sp³-hybridized carbons (Fsp3) is 0.316. The Balaban J connectivity index is 2.35. The third-order valence-corrected chi connectivity index (χ3v) is 5.07. The van der Waals surface area contributed by atoms with Gasteiger partial charge < -0.3 is 15.0 Å². The Morgan fingerprint density at radius 1 is 1.31 bits per heavy atom. The molecule has 0 bridgehead atoms. The van der Waals surface area contributed by atoms with Gasteiger partial charge in [0, 0.05) is 5.70 Å². The van der Waals surface area contributed by atoms with Crippen LogP contribution in [0.1, 0.15) is 36.5 Å². The van der Waals surface area contributed by atoms with Gasteiger partial charge in [0.05, 0.1) is 29.2 Å². The first-order chi connectivity index (χ1) is 13.7. The van der Waals surface area contributed by atoms with E-state index in [0.717, 1.165) is 6.07 Å². The van der Waals surface area contributed by atoms with Gasteiger partial charge in [-0.1, -0.05) is 30.0 Å². The van der Waals surface area contributed by atoms with E-state index >= 15 is 0 Å². The summed E-state index contributed by atoms with van der Waals surface area (Å²) in [5.74, 6) is -1.96. The molecule has 10 heteroatoms. The van der Waals surface area contributed by atoms with E-state index in [1.54, 1.807) is 20.1 Å². The summed E-state index contributed by atoms with van der Waals surface area (Å²) >= 11 is 1.18. The maximum Gasteiger partial charge on any atom is 0.416 e. The molecular weight excluding hydrogens is 407 g/mol. The molecule has 0 amide bonds. The minimum absolute atomic E-state index is 0.0378. The van der Waals surface area contributed by atoms with Crippen LogP contribution < -0.4 is 10.9 Å². The Hall–Kier alpha value is -2.75. The zero-order chi connectivity index (χ0) is 21.3. The summed E-state index contributed by atoms with van der Waals surface area (Å²) in [5, 5.41) is 3.18. The Morgan fingerprint density at radius 3 is 2.62 bits per heavy atom. The third-order valence-electron chi connectivity index (χ3n) is 4.49. The topological polar surface area (TPSA) is 84.1 Å². The summed E-state index contributed by atoms with van der Waals surface area (Å²) in [6.07, 6.45) is -2.97. The van der Waals surface area contributed by atoms with Crippen LogP contribution in [-0.4, -0.2) is 28.8 Å². The molecule has 2 N–H and O–H groups in total. The van der Waals surface area contributed by atoms with Gasteiger partial charge in [0.1, 0.15) is 5.82 Å². The van der Waals surface area contributed by atoms with Crippen molar-refractivity contribution in [2.24, 2.45) is 0 Å². The average Bonchev–Trinajstić information content (AvgIpc) is 2.66. The number of carbonyl (C=O) groups is 1. The van der Waals surface area contributed by atoms with Gasteiger partial charge >= 0.3 is 12.1 Å². The van der Waals surface area contributed by atoms with Gasteiger partial charge in [0.15, 0.2) is 5.16 Å². The smallest absolute Gasteiger partial charge is 0.416 e. The van der Waals surface area contributed by atoms with Crippen LogP contribution in [-0.2, 0) is 15.7 Å². The quantitative estimate of drug-likeness (QED) is 0.439. The molecular formula is C19H18F3N3O3S. The molecule has 2 aromatic rings. The number of allylic oxidation sites excluding steroid dienone is 1. The molecule has 29 heavy (non-hydrogen) atoms. The standard InChI is InChI=1S/C19H18F3N3O3S/c1-4-28-17(27)12-9(2)23-15-14(16(26)25-18(24-15)29-3)13(12)10-7-5-6-8-11(10)19(20,21)22/h5-8,13H,4H2,1-3H3,(H2,23,24,25,26). The minimum Gasteiger partial charge on any atom is -0.463 e. The third kappa shape index (κ3) is 3.89. The van der Waals surface area contributed by atoms with Crippen molar-refractivity contribution in [2.75, 3.05) is 18.2 Å². The molecule has 2 heterocycles. The highest BCUT2D eigenvalue weighted by atomic mass is 32.2. The number of aromatic amines is 1. The van der Waals surface area contributed by atoms with Crippen LogP contribution in [0.5, 0.6) is 0 Å². The second-order valence-electron chi connectivity index (χ2n) is 6.24. The number of esters is 1. The Kier molecular flexibility index (Phi) is 5.74. The molecule has 1 aliphatic rings. The van der Waals surface area contributed by atoms with Crippen LogP contribution in [0.25, 0.3) is 0 Å². The monoisotopic (exact) mass is 425 g/mol. The van der Waals surface area contributed by atoms with Crippen molar-refractivity contribution in [3.8, 4) is 0 Å². The molecule has 0 saturated carbocycles. The lowest BCUT2D eigenvalue weighted by Crippen LogP contribution is -2.32. The molecule has 1 aromatic carbocycles. The van der Waals surface area contributed by atoms with Crippen LogP contribution in [0.2, 0.25) is 0 Å². The number of thioether (sulfide) groups is 1. The number of carbonyl (C=O) groups excluding carboxylic acids is 1. The van der Waals surface area contributed by atoms with Crippen molar-refractivity contribution in [1.82, 2.24) is 9.97 Å². The molecule has 1 aromatic heterocycles. The first-order valence-corrected chi connectivity index (χ1v) is 9.90. The first-order valence-electron chi connectivity index (χ1n) is 8.68. The van der Waals surface area contributed by atoms with E-state index in [0.29, 0.717) is 5.16 Å². The van der Waals surface area contributed by atoms with E-state index in [2.05, 4.69) is 15.3 Å². The van der Waals surface area contributed by atoms with E-state index in [-0.39, 0.29) is 34.8 Å². The summed E-state index contributed by atoms with van der Waals surface area (Å²) in [6.45, 7) is 3.17. The summed E-state index contributed by atoms with van der Waals surface area (Å²) in [6, 6.07) is 4.88. The molecule has 0 radical (unpaired) electrons. The highest BCUT2D eigenvalue weighted by Gasteiger charge is 2.42. The fourth-order valence-electron chi connectivity index (χ4n) is 3.32. The second-order valence-corrected chi connectivity index (χ2v) is 7.03. The van der Waals surface area contributed by atoms with E-state index in [9.17, 15) is 22.8 Å². The zero-order valence-electron chi connectivity index (χ0n) is 15.8. The number of rotatable bonds is 4. The van der Waals surface area contributed by atoms with Gasteiger partial charge in [0.25, 0.3) is 5.56 Å². The minimum atomic E-state index is -4.67. The van der Waals surface area contributed by atoms with Crippen LogP contribution >= 0.6 is 11.8 Å². The maximum atomic E-state index is 13.7. The van der Waals surface area contributed by atoms with Crippen molar-refractivity contribution in [3.05, 3.63) is 62.6 Å². The molecule has 0 fully saturated rings. The number of fused-ring (bicyclic) bond motifs is 1. The predicted molar refractivity (Wildman–Crippen MR) is 103 cm³/mol. The first kappa shape index (κ1) is 21.0. The fourth-order valence-corrected chi connectivity index (χ4v) is 3.70. The number of alkyl halides is 3. The van der Waals surface area contributed by atoms with Crippen molar-refractivity contribution < 1.29 is 22.7 Å². The van der Waals surface area contributed by atoms with Gasteiger partial charge in [-0.2, -0.15) is 13.2 Å². The van der Waals surface area contributed by atoms with E-state index in [1.807, 2.05) is 0 Å². The Labute approximate surface area is 168 Å². The molecule has 1 unspecified atom stereocenters. The number of anilines is 1. The molecule has 3 rings (SSSR count). The van der Waals surface area contributed by atoms with Gasteiger partial charge in [-0.25, -0.2) is 9.78 Å². The molecule has 0 spiro atoms. The van der Waals surface area contributed by atoms with Crippen molar-refractivity contribution in [3.63, 3.8) is 0 Å². The number of nitrogens with zero attached hydrogens (tertiary/aromatic N) is 1. The number of halogens is 3. The summed E-state index contributed by atoms with van der Waals surface area (Å²) in [7, 11) is 0. The number of benzene rings is 1. The lowest BCUT2D eigenvalue weighted by molar-refractivity contribution is -0.140. The van der Waals surface area contributed by atoms with Gasteiger partial charge in [0.2, 0.25) is 0 Å². The molecule has 154 valence electrons. The van der Waals surface area contributed by atoms with Crippen molar-refractivity contribution in [1.29, 1.82) is 0 Å². The van der Waals surface area contributed by atoms with Crippen LogP contribution in [0.4, 0.5) is 19.0 Å². The van der Waals surface area contributed by atoms with Crippen LogP contribution in [0, 0.1) is 0 Å². The lowest BCUT2D eigenvalue weighted by atomic mass is 9.80. The van der Waals surface area contributed by atoms with Gasteiger partial charge in [-0.05, 0) is 31.7 Å². The van der Waals surface area contributed by atoms with Crippen molar-refractivity contribution >= 4 is 23.5 Å². The summed E-state index contributed by atoms with van der Waals surface area (Å²) in [4.78, 5) is 32.3. The van der Waals surface area contributed by atoms with E-state index in [1.165, 1.54) is 30.0 Å². The normalized spacial score (nSPS) is 16.3. The number of hydrogen-bond acceptors (Lipinski definition) is 6. The number of ether oxygens (including phenoxy) is 1. The molecule has 1 atom stereocenters. The molecule has 0 saturated heterocycles. The molecule has 0 aliphatic carbocycles. The average molecular weight is 425 g/mol. The number of H-pyrrole nitrogens is 1. The van der Waals surface area contributed by atoms with Crippen molar-refractivity contribution in [2.45, 2.75) is 31.1 Å². The highest BCUT2D eigenvalue weighted by molar-refractivity contribution is 7.98. The number of nitrogens with one attached hydrogen (secondary N) is 2. The Bertz CT molecular complexity index is 1050. The SMILES string of the molecule is CCOC(=O)C1=C(C)Nc2nc(SC)[nH]c(=O)c2C1c1ccccc1C(F)(F)F. The predicted octanol–water partition coefficient (Wildman–Crippen LogP) is 3.91. The highest BCUT2D eigenvalue weighted by Crippen LogP contribution is 2.44. The Morgan fingerprint density at radius 2 is 2.00 bits per heavy atom. The summed E-state index contributed by atoms with van der Waals surface area (Å²) < 4.78 is 46.2. The van der Waals surface area contributed by atoms with E-state index < -0.39 is 29.2 Å². The number of aromatic nitrogens is 2. The zero-order valence-corrected chi connectivity index (χ0v) is 16.6.